The minimum absolute atomic E-state index is 0.0179. The standard InChI is InChI=1S/C25H28N4O2S/c30-22(29-11-6-18(7-12-29)15-21-26-10-13-32-21)5-4-19-14-20-16-25(8-2-1-3-9-25)24(31)28-23(20)27-17-19/h4-6,10,13-14,17H,1-3,7-9,11-12,15-16H2,(H,27,28,31)/b5-4+. The Hall–Kier alpha value is -2.80. The summed E-state index contributed by atoms with van der Waals surface area (Å²) in [5, 5.41) is 6.15. The van der Waals surface area contributed by atoms with Gasteiger partial charge in [-0.1, -0.05) is 30.9 Å². The van der Waals surface area contributed by atoms with E-state index in [1.807, 2.05) is 22.6 Å². The molecule has 4 heterocycles. The van der Waals surface area contributed by atoms with Gasteiger partial charge in [-0.05, 0) is 49.0 Å². The summed E-state index contributed by atoms with van der Waals surface area (Å²) < 4.78 is 0. The number of hydrogen-bond acceptors (Lipinski definition) is 5. The molecule has 166 valence electrons. The maximum absolute atomic E-state index is 12.7. The summed E-state index contributed by atoms with van der Waals surface area (Å²) in [6.45, 7) is 1.37. The topological polar surface area (TPSA) is 75.2 Å². The highest BCUT2D eigenvalue weighted by molar-refractivity contribution is 7.09. The van der Waals surface area contributed by atoms with E-state index in [9.17, 15) is 9.59 Å². The van der Waals surface area contributed by atoms with Crippen molar-refractivity contribution in [3.8, 4) is 0 Å². The van der Waals surface area contributed by atoms with Gasteiger partial charge in [-0.2, -0.15) is 0 Å². The van der Waals surface area contributed by atoms with Gasteiger partial charge in [0.1, 0.15) is 5.82 Å². The average Bonchev–Trinajstić information content (AvgIpc) is 3.32. The van der Waals surface area contributed by atoms with Crippen LogP contribution >= 0.6 is 11.3 Å². The smallest absolute Gasteiger partial charge is 0.246 e. The molecule has 6 nitrogen and oxygen atoms in total. The number of fused-ring (bicyclic) bond motifs is 1. The third-order valence-corrected chi connectivity index (χ3v) is 7.72. The predicted octanol–water partition coefficient (Wildman–Crippen LogP) is 4.40. The predicted molar refractivity (Wildman–Crippen MR) is 126 cm³/mol. The van der Waals surface area contributed by atoms with Crippen molar-refractivity contribution in [2.75, 3.05) is 18.4 Å². The van der Waals surface area contributed by atoms with Gasteiger partial charge in [0.2, 0.25) is 11.8 Å². The molecule has 0 atom stereocenters. The van der Waals surface area contributed by atoms with Gasteiger partial charge >= 0.3 is 0 Å². The Labute approximate surface area is 192 Å². The van der Waals surface area contributed by atoms with E-state index >= 15 is 0 Å². The second kappa shape index (κ2) is 8.98. The molecule has 0 radical (unpaired) electrons. The number of thiazole rings is 1. The van der Waals surface area contributed by atoms with Crippen LogP contribution in [0, 0.1) is 5.41 Å². The number of amides is 2. The molecule has 1 saturated carbocycles. The zero-order valence-electron chi connectivity index (χ0n) is 18.2. The van der Waals surface area contributed by atoms with Gasteiger partial charge in [-0.25, -0.2) is 9.97 Å². The molecule has 7 heteroatoms. The van der Waals surface area contributed by atoms with Crippen LogP contribution in [0.25, 0.3) is 6.08 Å². The van der Waals surface area contributed by atoms with E-state index in [4.69, 9.17) is 0 Å². The molecule has 2 amide bonds. The highest BCUT2D eigenvalue weighted by Crippen LogP contribution is 2.44. The normalized spacial score (nSPS) is 20.2. The second-order valence-electron chi connectivity index (χ2n) is 9.08. The van der Waals surface area contributed by atoms with Crippen molar-refractivity contribution in [3.63, 3.8) is 0 Å². The summed E-state index contributed by atoms with van der Waals surface area (Å²) in [6.07, 6.45) is 17.0. The molecule has 32 heavy (non-hydrogen) atoms. The monoisotopic (exact) mass is 448 g/mol. The van der Waals surface area contributed by atoms with Crippen molar-refractivity contribution in [2.24, 2.45) is 5.41 Å². The van der Waals surface area contributed by atoms with Crippen molar-refractivity contribution in [1.82, 2.24) is 14.9 Å². The van der Waals surface area contributed by atoms with E-state index in [0.29, 0.717) is 12.4 Å². The van der Waals surface area contributed by atoms with Gasteiger partial charge in [0, 0.05) is 43.4 Å². The molecule has 2 aromatic heterocycles. The molecule has 2 aromatic rings. The Bertz CT molecular complexity index is 1070. The Morgan fingerprint density at radius 2 is 2.12 bits per heavy atom. The van der Waals surface area contributed by atoms with Crippen LogP contribution in [0.3, 0.4) is 0 Å². The molecule has 0 saturated heterocycles. The summed E-state index contributed by atoms with van der Waals surface area (Å²) in [4.78, 5) is 36.1. The highest BCUT2D eigenvalue weighted by atomic mass is 32.1. The lowest BCUT2D eigenvalue weighted by Crippen LogP contribution is -2.43. The fourth-order valence-electron chi connectivity index (χ4n) is 5.06. The molecule has 1 N–H and O–H groups in total. The quantitative estimate of drug-likeness (QED) is 0.556. The summed E-state index contributed by atoms with van der Waals surface area (Å²) >= 11 is 1.67. The van der Waals surface area contributed by atoms with Gasteiger partial charge in [-0.15, -0.1) is 11.3 Å². The first-order valence-electron chi connectivity index (χ1n) is 11.4. The molecule has 1 aliphatic carbocycles. The lowest BCUT2D eigenvalue weighted by Gasteiger charge is -2.39. The first-order chi connectivity index (χ1) is 15.6. The van der Waals surface area contributed by atoms with Crippen LogP contribution in [0.4, 0.5) is 5.82 Å². The molecule has 1 fully saturated rings. The summed E-state index contributed by atoms with van der Waals surface area (Å²) in [5.41, 5.74) is 3.05. The minimum Gasteiger partial charge on any atom is -0.335 e. The Kier molecular flexibility index (Phi) is 5.91. The fourth-order valence-corrected chi connectivity index (χ4v) is 5.73. The van der Waals surface area contributed by atoms with E-state index in [2.05, 4.69) is 27.4 Å². The van der Waals surface area contributed by atoms with Gasteiger partial charge in [0.15, 0.2) is 0 Å². The number of rotatable bonds is 4. The van der Waals surface area contributed by atoms with E-state index < -0.39 is 0 Å². The summed E-state index contributed by atoms with van der Waals surface area (Å²) in [6, 6.07) is 2.07. The van der Waals surface area contributed by atoms with Crippen molar-refractivity contribution in [3.05, 3.63) is 57.7 Å². The van der Waals surface area contributed by atoms with E-state index in [0.717, 1.165) is 67.6 Å². The van der Waals surface area contributed by atoms with Crippen LogP contribution in [0.15, 0.2) is 41.6 Å². The van der Waals surface area contributed by atoms with Crippen LogP contribution in [-0.2, 0) is 22.4 Å². The first kappa shape index (κ1) is 21.1. The zero-order valence-corrected chi connectivity index (χ0v) is 19.0. The lowest BCUT2D eigenvalue weighted by molar-refractivity contribution is -0.128. The van der Waals surface area contributed by atoms with Crippen molar-refractivity contribution >= 4 is 35.0 Å². The average molecular weight is 449 g/mol. The maximum atomic E-state index is 12.7. The van der Waals surface area contributed by atoms with E-state index in [1.165, 1.54) is 12.0 Å². The van der Waals surface area contributed by atoms with E-state index in [-0.39, 0.29) is 17.2 Å². The van der Waals surface area contributed by atoms with Crippen LogP contribution in [-0.4, -0.2) is 39.8 Å². The molecular weight excluding hydrogens is 420 g/mol. The van der Waals surface area contributed by atoms with Crippen molar-refractivity contribution < 1.29 is 9.59 Å². The Morgan fingerprint density at radius 3 is 2.88 bits per heavy atom. The number of pyridine rings is 1. The summed E-state index contributed by atoms with van der Waals surface area (Å²) in [5.74, 6) is 0.816. The van der Waals surface area contributed by atoms with Crippen molar-refractivity contribution in [2.45, 2.75) is 51.4 Å². The Balaban J connectivity index is 1.23. The second-order valence-corrected chi connectivity index (χ2v) is 10.1. The molecule has 1 spiro atoms. The van der Waals surface area contributed by atoms with Crippen LogP contribution in [0.1, 0.15) is 54.7 Å². The zero-order chi connectivity index (χ0) is 22.0. The minimum atomic E-state index is -0.276. The van der Waals surface area contributed by atoms with Gasteiger partial charge in [-0.3, -0.25) is 9.59 Å². The van der Waals surface area contributed by atoms with Gasteiger partial charge < -0.3 is 10.2 Å². The molecule has 0 aromatic carbocycles. The van der Waals surface area contributed by atoms with E-state index in [1.54, 1.807) is 23.6 Å². The van der Waals surface area contributed by atoms with Crippen LogP contribution in [0.5, 0.6) is 0 Å². The number of nitrogens with one attached hydrogen (secondary N) is 1. The highest BCUT2D eigenvalue weighted by Gasteiger charge is 2.43. The first-order valence-corrected chi connectivity index (χ1v) is 12.3. The number of anilines is 1. The number of nitrogens with zero attached hydrogens (tertiary/aromatic N) is 3. The molecule has 2 aliphatic heterocycles. The Morgan fingerprint density at radius 1 is 1.25 bits per heavy atom. The molecule has 0 unspecified atom stereocenters. The van der Waals surface area contributed by atoms with Crippen LogP contribution in [0.2, 0.25) is 0 Å². The molecule has 3 aliphatic rings. The maximum Gasteiger partial charge on any atom is 0.246 e. The third kappa shape index (κ3) is 4.39. The van der Waals surface area contributed by atoms with Gasteiger partial charge in [0.25, 0.3) is 0 Å². The molecule has 0 bridgehead atoms. The van der Waals surface area contributed by atoms with Crippen LogP contribution < -0.4 is 5.32 Å². The summed E-state index contributed by atoms with van der Waals surface area (Å²) in [7, 11) is 0. The SMILES string of the molecule is O=C(/C=C/c1cnc2c(c1)CC1(CCCCC1)C(=O)N2)N1CC=C(Cc2nccs2)CC1. The number of carbonyl (C=O) groups is 2. The largest absolute Gasteiger partial charge is 0.335 e. The molecular formula is C25H28N4O2S. The molecule has 5 rings (SSSR count). The number of carbonyl (C=O) groups excluding carboxylic acids is 2. The number of hydrogen-bond donors (Lipinski definition) is 1. The number of aromatic nitrogens is 2. The fraction of sp³-hybridized carbons (Fsp3) is 0.440. The van der Waals surface area contributed by atoms with Crippen molar-refractivity contribution in [1.29, 1.82) is 0 Å². The van der Waals surface area contributed by atoms with Gasteiger partial charge in [0.05, 0.1) is 10.4 Å². The third-order valence-electron chi connectivity index (χ3n) is 6.94. The lowest BCUT2D eigenvalue weighted by atomic mass is 9.68.